The molecule has 15 heteroatoms. The molecule has 218 valence electrons. The molecule has 3 aliphatic rings. The number of nitro groups is 1. The predicted octanol–water partition coefficient (Wildman–Crippen LogP) is 2.99. The lowest BCUT2D eigenvalue weighted by Gasteiger charge is -2.28. The molecule has 2 fully saturated rings. The number of nitrogens with one attached hydrogen (secondary N) is 2. The van der Waals surface area contributed by atoms with Gasteiger partial charge in [-0.1, -0.05) is 6.07 Å². The van der Waals surface area contributed by atoms with Crippen LogP contribution in [0.4, 0.5) is 20.2 Å². The normalized spacial score (nSPS) is 22.7. The van der Waals surface area contributed by atoms with Gasteiger partial charge in [0, 0.05) is 25.3 Å². The summed E-state index contributed by atoms with van der Waals surface area (Å²) >= 11 is 0. The van der Waals surface area contributed by atoms with Gasteiger partial charge in [0.2, 0.25) is 17.5 Å². The number of carbonyl (C=O) groups excluding carboxylic acids is 4. The second-order valence-corrected chi connectivity index (χ2v) is 10.3. The molecule has 2 aromatic rings. The molecule has 0 radical (unpaired) electrons. The Morgan fingerprint density at radius 1 is 1.12 bits per heavy atom. The number of anilines is 1. The number of piperidine rings is 1. The number of halogens is 2. The van der Waals surface area contributed by atoms with Gasteiger partial charge in [-0.05, 0) is 50.2 Å². The lowest BCUT2D eigenvalue weighted by Crippen LogP contribution is -2.54. The Labute approximate surface area is 232 Å². The second-order valence-electron chi connectivity index (χ2n) is 10.3. The molecule has 1 aromatic carbocycles. The van der Waals surface area contributed by atoms with Crippen LogP contribution in [0.2, 0.25) is 0 Å². The molecular weight excluding hydrogens is 546 g/mol. The number of ether oxygens (including phenoxy) is 1. The molecular formula is C26H28F2N6O7. The van der Waals surface area contributed by atoms with Crippen molar-refractivity contribution < 1.29 is 37.6 Å². The Morgan fingerprint density at radius 2 is 1.88 bits per heavy atom. The number of aromatic nitrogens is 2. The fraction of sp³-hybridized carbons (Fsp3) is 0.500. The summed E-state index contributed by atoms with van der Waals surface area (Å²) in [5, 5.41) is 20.1. The lowest BCUT2D eigenvalue weighted by atomic mass is 9.86. The van der Waals surface area contributed by atoms with Crippen molar-refractivity contribution in [2.45, 2.75) is 57.0 Å². The number of hydrogen-bond acceptors (Lipinski definition) is 9. The first-order chi connectivity index (χ1) is 19.7. The summed E-state index contributed by atoms with van der Waals surface area (Å²) in [6.07, 6.45) is 0.927. The SMILES string of the molecule is O=C1CCC(N2C(=O)c3cccc(NCCOCC4CCC(n5cc([N+](=O)[O-])c(C(F)F)n5)CC4)c3C2=O)C(=O)N1. The summed E-state index contributed by atoms with van der Waals surface area (Å²) in [6, 6.07) is 3.59. The van der Waals surface area contributed by atoms with E-state index in [1.165, 1.54) is 10.7 Å². The summed E-state index contributed by atoms with van der Waals surface area (Å²) in [4.78, 5) is 61.0. The molecule has 2 N–H and O–H groups in total. The molecule has 1 saturated carbocycles. The molecule has 1 atom stereocenters. The van der Waals surface area contributed by atoms with Gasteiger partial charge in [0.15, 0.2) is 0 Å². The molecule has 3 heterocycles. The quantitative estimate of drug-likeness (QED) is 0.188. The van der Waals surface area contributed by atoms with Crippen LogP contribution in [0, 0.1) is 16.0 Å². The van der Waals surface area contributed by atoms with Crippen molar-refractivity contribution in [2.75, 3.05) is 25.1 Å². The molecule has 4 amide bonds. The van der Waals surface area contributed by atoms with Crippen molar-refractivity contribution in [2.24, 2.45) is 5.92 Å². The number of hydrogen-bond donors (Lipinski definition) is 2. The lowest BCUT2D eigenvalue weighted by molar-refractivity contribution is -0.386. The Morgan fingerprint density at radius 3 is 2.54 bits per heavy atom. The van der Waals surface area contributed by atoms with E-state index in [-0.39, 0.29) is 35.9 Å². The van der Waals surface area contributed by atoms with Crippen LogP contribution in [0.25, 0.3) is 0 Å². The van der Waals surface area contributed by atoms with Crippen molar-refractivity contribution in [3.8, 4) is 0 Å². The second kappa shape index (κ2) is 11.7. The van der Waals surface area contributed by atoms with Crippen LogP contribution in [-0.2, 0) is 14.3 Å². The maximum atomic E-state index is 13.2. The molecule has 1 saturated heterocycles. The molecule has 1 unspecified atom stereocenters. The zero-order chi connectivity index (χ0) is 29.3. The molecule has 1 aromatic heterocycles. The number of rotatable bonds is 10. The highest BCUT2D eigenvalue weighted by Crippen LogP contribution is 2.36. The Hall–Kier alpha value is -4.27. The van der Waals surface area contributed by atoms with Crippen LogP contribution in [0.5, 0.6) is 0 Å². The van der Waals surface area contributed by atoms with Gasteiger partial charge in [-0.2, -0.15) is 5.10 Å². The molecule has 13 nitrogen and oxygen atoms in total. The van der Waals surface area contributed by atoms with E-state index in [2.05, 4.69) is 15.7 Å². The van der Waals surface area contributed by atoms with E-state index in [9.17, 15) is 38.1 Å². The van der Waals surface area contributed by atoms with E-state index in [1.54, 1.807) is 12.1 Å². The van der Waals surface area contributed by atoms with Crippen LogP contribution in [0.15, 0.2) is 24.4 Å². The van der Waals surface area contributed by atoms with Gasteiger partial charge in [0.05, 0.1) is 28.7 Å². The monoisotopic (exact) mass is 574 g/mol. The first-order valence-corrected chi connectivity index (χ1v) is 13.3. The minimum Gasteiger partial charge on any atom is -0.382 e. The van der Waals surface area contributed by atoms with E-state index in [0.29, 0.717) is 38.3 Å². The number of amides is 4. The van der Waals surface area contributed by atoms with Gasteiger partial charge >= 0.3 is 5.69 Å². The van der Waals surface area contributed by atoms with Crippen molar-refractivity contribution in [3.05, 3.63) is 51.3 Å². The van der Waals surface area contributed by atoms with E-state index in [4.69, 9.17) is 4.74 Å². The molecule has 0 spiro atoms. The average Bonchev–Trinajstić information content (AvgIpc) is 3.50. The van der Waals surface area contributed by atoms with E-state index in [0.717, 1.165) is 23.9 Å². The fourth-order valence-electron chi connectivity index (χ4n) is 5.63. The molecule has 41 heavy (non-hydrogen) atoms. The van der Waals surface area contributed by atoms with Gasteiger partial charge in [-0.25, -0.2) is 8.78 Å². The largest absolute Gasteiger partial charge is 0.382 e. The van der Waals surface area contributed by atoms with Crippen molar-refractivity contribution in [3.63, 3.8) is 0 Å². The third-order valence-corrected chi connectivity index (χ3v) is 7.72. The van der Waals surface area contributed by atoms with Crippen molar-refractivity contribution >= 4 is 35.0 Å². The summed E-state index contributed by atoms with van der Waals surface area (Å²) in [6.45, 7) is 1.12. The Balaban J connectivity index is 1.09. The Kier molecular flexibility index (Phi) is 8.06. The van der Waals surface area contributed by atoms with Crippen molar-refractivity contribution in [1.82, 2.24) is 20.0 Å². The van der Waals surface area contributed by atoms with Crippen LogP contribution in [0.1, 0.15) is 77.4 Å². The highest BCUT2D eigenvalue weighted by Gasteiger charge is 2.45. The first-order valence-electron chi connectivity index (χ1n) is 13.3. The summed E-state index contributed by atoms with van der Waals surface area (Å²) in [5.74, 6) is -2.05. The summed E-state index contributed by atoms with van der Waals surface area (Å²) < 4.78 is 33.3. The van der Waals surface area contributed by atoms with Gasteiger partial charge in [0.1, 0.15) is 12.2 Å². The zero-order valence-corrected chi connectivity index (χ0v) is 21.9. The standard InChI is InChI=1S/C26H28F2N6O7/c27-23(28)22-19(34(39)40)12-32(31-22)15-6-4-14(5-7-15)13-41-11-10-29-17-3-1-2-16-21(17)26(38)33(25(16)37)18-8-9-20(35)30-24(18)36/h1-3,12,14-15,18,23,29H,4-11,13H2,(H,30,35,36). The van der Waals surface area contributed by atoms with E-state index < -0.39 is 52.4 Å². The maximum Gasteiger partial charge on any atom is 0.316 e. The van der Waals surface area contributed by atoms with E-state index >= 15 is 0 Å². The third kappa shape index (κ3) is 5.66. The Bertz CT molecular complexity index is 1390. The minimum absolute atomic E-state index is 0.0410. The van der Waals surface area contributed by atoms with Crippen molar-refractivity contribution in [1.29, 1.82) is 0 Å². The summed E-state index contributed by atoms with van der Waals surface area (Å²) in [7, 11) is 0. The number of imide groups is 2. The highest BCUT2D eigenvalue weighted by molar-refractivity contribution is 6.25. The molecule has 1 aliphatic carbocycles. The number of alkyl halides is 2. The van der Waals surface area contributed by atoms with Crippen LogP contribution < -0.4 is 10.6 Å². The van der Waals surface area contributed by atoms with Crippen LogP contribution >= 0.6 is 0 Å². The molecule has 5 rings (SSSR count). The topological polar surface area (TPSA) is 166 Å². The highest BCUT2D eigenvalue weighted by atomic mass is 19.3. The third-order valence-electron chi connectivity index (χ3n) is 7.72. The minimum atomic E-state index is -3.02. The van der Waals surface area contributed by atoms with Gasteiger partial charge in [0.25, 0.3) is 18.2 Å². The van der Waals surface area contributed by atoms with Gasteiger partial charge < -0.3 is 10.1 Å². The zero-order valence-electron chi connectivity index (χ0n) is 21.9. The number of fused-ring (bicyclic) bond motifs is 1. The van der Waals surface area contributed by atoms with Crippen LogP contribution in [-0.4, -0.2) is 69.0 Å². The van der Waals surface area contributed by atoms with E-state index in [1.807, 2.05) is 0 Å². The average molecular weight is 575 g/mol. The van der Waals surface area contributed by atoms with Crippen LogP contribution in [0.3, 0.4) is 0 Å². The number of nitrogens with zero attached hydrogens (tertiary/aromatic N) is 4. The molecule has 0 bridgehead atoms. The smallest absolute Gasteiger partial charge is 0.316 e. The van der Waals surface area contributed by atoms with Gasteiger partial charge in [-0.15, -0.1) is 0 Å². The summed E-state index contributed by atoms with van der Waals surface area (Å²) in [5.41, 5.74) is -0.681. The number of benzene rings is 1. The fourth-order valence-corrected chi connectivity index (χ4v) is 5.63. The first kappa shape index (κ1) is 28.3. The molecule has 2 aliphatic heterocycles. The maximum absolute atomic E-state index is 13.2. The number of carbonyl (C=O) groups is 4. The predicted molar refractivity (Wildman–Crippen MR) is 137 cm³/mol. The van der Waals surface area contributed by atoms with Gasteiger partial charge in [-0.3, -0.25) is 44.2 Å².